The van der Waals surface area contributed by atoms with Crippen molar-refractivity contribution < 1.29 is 37.7 Å². The Morgan fingerprint density at radius 1 is 1.14 bits per heavy atom. The van der Waals surface area contributed by atoms with Gasteiger partial charge in [0.25, 0.3) is 0 Å². The van der Waals surface area contributed by atoms with Crippen LogP contribution in [0.4, 0.5) is 10.1 Å². The minimum Gasteiger partial charge on any atom is -0.490 e. The number of carbonyl (C=O) groups excluding carboxylic acids is 2. The minimum absolute atomic E-state index is 0.00542. The molecule has 0 spiro atoms. The number of carbonyl (C=O) groups is 2. The minimum atomic E-state index is -0.742. The summed E-state index contributed by atoms with van der Waals surface area (Å²) >= 11 is 0. The van der Waals surface area contributed by atoms with Gasteiger partial charge in [0.15, 0.2) is 11.6 Å². The molecular weight excluding hydrogens is 385 g/mol. The van der Waals surface area contributed by atoms with E-state index in [0.29, 0.717) is 31.4 Å². The highest BCUT2D eigenvalue weighted by atomic mass is 19.1. The molecule has 1 fully saturated rings. The van der Waals surface area contributed by atoms with Crippen molar-refractivity contribution in [2.24, 2.45) is 5.92 Å². The third kappa shape index (κ3) is 4.86. The largest absolute Gasteiger partial charge is 0.490 e. The van der Waals surface area contributed by atoms with Crippen molar-refractivity contribution in [2.45, 2.75) is 12.8 Å². The van der Waals surface area contributed by atoms with Crippen molar-refractivity contribution >= 4 is 17.6 Å². The van der Waals surface area contributed by atoms with Gasteiger partial charge in [-0.2, -0.15) is 0 Å². The number of nitrogens with zero attached hydrogens (tertiary/aromatic N) is 1. The van der Waals surface area contributed by atoms with Gasteiger partial charge in [0.2, 0.25) is 0 Å². The molecule has 0 atom stereocenters. The van der Waals surface area contributed by atoms with Crippen LogP contribution in [-0.2, 0) is 28.5 Å². The van der Waals surface area contributed by atoms with Crippen LogP contribution < -0.4 is 9.64 Å². The van der Waals surface area contributed by atoms with E-state index in [1.165, 1.54) is 31.3 Å². The Morgan fingerprint density at radius 3 is 2.52 bits per heavy atom. The van der Waals surface area contributed by atoms with Gasteiger partial charge in [-0.3, -0.25) is 0 Å². The molecular formula is C20H24FNO7. The molecule has 9 heteroatoms. The van der Waals surface area contributed by atoms with Crippen LogP contribution in [-0.4, -0.2) is 59.3 Å². The number of anilines is 1. The molecule has 0 aromatic heterocycles. The molecule has 8 nitrogen and oxygen atoms in total. The summed E-state index contributed by atoms with van der Waals surface area (Å²) in [6, 6.07) is 4.31. The molecule has 3 rings (SSSR count). The smallest absolute Gasteiger partial charge is 0.355 e. The summed E-state index contributed by atoms with van der Waals surface area (Å²) in [5, 5.41) is 0. The van der Waals surface area contributed by atoms with Crippen molar-refractivity contribution in [2.75, 3.05) is 52.3 Å². The van der Waals surface area contributed by atoms with E-state index in [0.717, 1.165) is 12.8 Å². The quantitative estimate of drug-likeness (QED) is 0.660. The third-order valence-corrected chi connectivity index (χ3v) is 4.88. The third-order valence-electron chi connectivity index (χ3n) is 4.88. The van der Waals surface area contributed by atoms with Crippen LogP contribution in [0.3, 0.4) is 0 Å². The van der Waals surface area contributed by atoms with Gasteiger partial charge in [-0.15, -0.1) is 0 Å². The average molecular weight is 409 g/mol. The second-order valence-corrected chi connectivity index (χ2v) is 6.70. The van der Waals surface area contributed by atoms with Gasteiger partial charge in [0.1, 0.15) is 12.4 Å². The number of benzene rings is 1. The topological polar surface area (TPSA) is 83.5 Å². The van der Waals surface area contributed by atoms with Crippen molar-refractivity contribution in [3.05, 3.63) is 35.3 Å². The number of ether oxygens (including phenoxy) is 5. The van der Waals surface area contributed by atoms with Gasteiger partial charge in [0.05, 0.1) is 33.0 Å². The van der Waals surface area contributed by atoms with Crippen molar-refractivity contribution in [1.82, 2.24) is 0 Å². The molecule has 158 valence electrons. The molecule has 29 heavy (non-hydrogen) atoms. The molecule has 0 radical (unpaired) electrons. The van der Waals surface area contributed by atoms with E-state index in [1.54, 1.807) is 6.07 Å². The van der Waals surface area contributed by atoms with E-state index < -0.39 is 17.8 Å². The Hall–Kier alpha value is -2.65. The second-order valence-electron chi connectivity index (χ2n) is 6.70. The zero-order chi connectivity index (χ0) is 20.8. The van der Waals surface area contributed by atoms with Crippen LogP contribution in [0.15, 0.2) is 29.5 Å². The monoisotopic (exact) mass is 409 g/mol. The van der Waals surface area contributed by atoms with Crippen LogP contribution in [0.5, 0.6) is 5.75 Å². The van der Waals surface area contributed by atoms with E-state index in [4.69, 9.17) is 23.7 Å². The van der Waals surface area contributed by atoms with Crippen LogP contribution in [0, 0.1) is 11.7 Å². The maximum Gasteiger partial charge on any atom is 0.355 e. The summed E-state index contributed by atoms with van der Waals surface area (Å²) in [5.74, 6) is -1.59. The molecule has 1 aromatic rings. The highest BCUT2D eigenvalue weighted by Gasteiger charge is 2.32. The first kappa shape index (κ1) is 21.1. The van der Waals surface area contributed by atoms with E-state index >= 15 is 0 Å². The van der Waals surface area contributed by atoms with Gasteiger partial charge in [0, 0.05) is 25.0 Å². The molecule has 2 aliphatic rings. The molecule has 2 heterocycles. The summed E-state index contributed by atoms with van der Waals surface area (Å²) < 4.78 is 40.5. The number of esters is 2. The fourth-order valence-electron chi connectivity index (χ4n) is 3.24. The lowest BCUT2D eigenvalue weighted by Crippen LogP contribution is -2.38. The van der Waals surface area contributed by atoms with E-state index in [2.05, 4.69) is 0 Å². The lowest BCUT2D eigenvalue weighted by atomic mass is 10.0. The lowest BCUT2D eigenvalue weighted by molar-refractivity contribution is -0.140. The normalized spacial score (nSPS) is 17.8. The lowest BCUT2D eigenvalue weighted by Gasteiger charge is -2.31. The van der Waals surface area contributed by atoms with E-state index in [9.17, 15) is 14.0 Å². The number of rotatable bonds is 6. The van der Waals surface area contributed by atoms with Crippen LogP contribution >= 0.6 is 0 Å². The van der Waals surface area contributed by atoms with Crippen molar-refractivity contribution in [1.29, 1.82) is 0 Å². The summed E-state index contributed by atoms with van der Waals surface area (Å²) in [7, 11) is 2.40. The molecule has 1 aromatic carbocycles. The Bertz CT molecular complexity index is 789. The Labute approximate surface area is 168 Å². The number of halogens is 1. The van der Waals surface area contributed by atoms with Crippen molar-refractivity contribution in [3.8, 4) is 5.75 Å². The fourth-order valence-corrected chi connectivity index (χ4v) is 3.24. The summed E-state index contributed by atoms with van der Waals surface area (Å²) in [5.41, 5.74) is 0.286. The van der Waals surface area contributed by atoms with Crippen LogP contribution in [0.2, 0.25) is 0 Å². The summed E-state index contributed by atoms with van der Waals surface area (Å²) in [6.07, 6.45) is 1.77. The number of hydrogen-bond donors (Lipinski definition) is 0. The molecule has 0 amide bonds. The maximum atomic E-state index is 14.7. The van der Waals surface area contributed by atoms with Gasteiger partial charge in [-0.25, -0.2) is 14.0 Å². The Balaban J connectivity index is 1.81. The van der Waals surface area contributed by atoms with E-state index in [-0.39, 0.29) is 30.4 Å². The highest BCUT2D eigenvalue weighted by molar-refractivity contribution is 6.03. The maximum absolute atomic E-state index is 14.7. The van der Waals surface area contributed by atoms with Gasteiger partial charge < -0.3 is 28.6 Å². The predicted octanol–water partition coefficient (Wildman–Crippen LogP) is 2.03. The zero-order valence-electron chi connectivity index (χ0n) is 16.4. The summed E-state index contributed by atoms with van der Waals surface area (Å²) in [6.45, 7) is 1.63. The molecule has 2 aliphatic heterocycles. The van der Waals surface area contributed by atoms with Gasteiger partial charge in [-0.05, 0) is 30.9 Å². The Kier molecular flexibility index (Phi) is 7.05. The predicted molar refractivity (Wildman–Crippen MR) is 99.8 cm³/mol. The zero-order valence-corrected chi connectivity index (χ0v) is 16.4. The fraction of sp³-hybridized carbons (Fsp3) is 0.500. The second kappa shape index (κ2) is 9.71. The molecule has 0 N–H and O–H groups in total. The molecule has 0 unspecified atom stereocenters. The van der Waals surface area contributed by atoms with Crippen LogP contribution in [0.25, 0.3) is 0 Å². The molecule has 1 saturated heterocycles. The molecule has 0 saturated carbocycles. The van der Waals surface area contributed by atoms with Crippen LogP contribution in [0.1, 0.15) is 12.8 Å². The number of hydrogen-bond acceptors (Lipinski definition) is 8. The molecule has 0 aliphatic carbocycles. The first-order valence-electron chi connectivity index (χ1n) is 9.30. The first-order valence-corrected chi connectivity index (χ1v) is 9.30. The standard InChI is InChI=1S/C20H24FNO7/c1-25-19(23)15-11-28-12-22(18(15)20(24)26-2)14-3-4-17(16(21)9-14)29-10-13-5-7-27-8-6-13/h3-4,9,13H,5-8,10-12H2,1-2H3. The van der Waals surface area contributed by atoms with Gasteiger partial charge in [-0.1, -0.05) is 0 Å². The SMILES string of the molecule is COC(=O)C1=C(C(=O)OC)N(c2ccc(OCC3CCOCC3)c(F)c2)COC1. The first-order chi connectivity index (χ1) is 14.0. The van der Waals surface area contributed by atoms with E-state index in [1.807, 2.05) is 0 Å². The number of methoxy groups -OCH3 is 2. The Morgan fingerprint density at radius 2 is 1.86 bits per heavy atom. The van der Waals surface area contributed by atoms with Crippen molar-refractivity contribution in [3.63, 3.8) is 0 Å². The molecule has 0 bridgehead atoms. The summed E-state index contributed by atoms with van der Waals surface area (Å²) in [4.78, 5) is 25.7. The highest BCUT2D eigenvalue weighted by Crippen LogP contribution is 2.30. The van der Waals surface area contributed by atoms with Gasteiger partial charge >= 0.3 is 11.9 Å². The average Bonchev–Trinajstić information content (AvgIpc) is 2.77.